The highest BCUT2D eigenvalue weighted by Gasteiger charge is 2.35. The van der Waals surface area contributed by atoms with E-state index in [2.05, 4.69) is 10.1 Å². The Kier molecular flexibility index (Phi) is 4.66. The fourth-order valence-electron chi connectivity index (χ4n) is 4.99. The quantitative estimate of drug-likeness (QED) is 0.688. The standard InChI is InChI=1S/C22H25N5O2/c28-20(26-12-6-8-16-7-4-5-11-19(16)26)14-25-15-23-21-18(22(25)29)13-24-27(21)17-9-2-1-3-10-17/h1-3,9-10,13,15-16,19H,4-8,11-12,14H2/t16-,19+/m0/s1. The van der Waals surface area contributed by atoms with Gasteiger partial charge in [0.15, 0.2) is 5.65 Å². The third-order valence-electron chi connectivity index (χ3n) is 6.42. The van der Waals surface area contributed by atoms with Crippen molar-refractivity contribution in [2.75, 3.05) is 6.54 Å². The van der Waals surface area contributed by atoms with Gasteiger partial charge in [0, 0.05) is 12.6 Å². The number of aromatic nitrogens is 4. The monoisotopic (exact) mass is 391 g/mol. The molecule has 3 heterocycles. The highest BCUT2D eigenvalue weighted by molar-refractivity contribution is 5.78. The summed E-state index contributed by atoms with van der Waals surface area (Å²) in [6.07, 6.45) is 10.1. The zero-order valence-corrected chi connectivity index (χ0v) is 16.4. The van der Waals surface area contributed by atoms with Crippen LogP contribution in [0.25, 0.3) is 16.7 Å². The van der Waals surface area contributed by atoms with Crippen LogP contribution in [0.5, 0.6) is 0 Å². The van der Waals surface area contributed by atoms with Crippen LogP contribution < -0.4 is 5.56 Å². The Morgan fingerprint density at radius 1 is 1.07 bits per heavy atom. The van der Waals surface area contributed by atoms with Crippen LogP contribution in [0.15, 0.2) is 47.7 Å². The average molecular weight is 391 g/mol. The van der Waals surface area contributed by atoms with Gasteiger partial charge in [-0.05, 0) is 43.7 Å². The van der Waals surface area contributed by atoms with E-state index in [9.17, 15) is 9.59 Å². The molecule has 150 valence electrons. The van der Waals surface area contributed by atoms with Gasteiger partial charge in [0.2, 0.25) is 5.91 Å². The Morgan fingerprint density at radius 2 is 1.86 bits per heavy atom. The number of rotatable bonds is 3. The second-order valence-electron chi connectivity index (χ2n) is 8.15. The Balaban J connectivity index is 1.41. The van der Waals surface area contributed by atoms with Crippen molar-refractivity contribution in [2.24, 2.45) is 5.92 Å². The summed E-state index contributed by atoms with van der Waals surface area (Å²) in [7, 11) is 0. The van der Waals surface area contributed by atoms with Gasteiger partial charge in [-0.1, -0.05) is 31.0 Å². The number of nitrogens with zero attached hydrogens (tertiary/aromatic N) is 5. The van der Waals surface area contributed by atoms with E-state index in [-0.39, 0.29) is 18.0 Å². The molecule has 0 N–H and O–H groups in total. The lowest BCUT2D eigenvalue weighted by Gasteiger charge is -2.44. The number of fused-ring (bicyclic) bond motifs is 2. The molecule has 1 amide bonds. The minimum absolute atomic E-state index is 0.0281. The molecule has 0 spiro atoms. The van der Waals surface area contributed by atoms with E-state index in [4.69, 9.17) is 0 Å². The summed E-state index contributed by atoms with van der Waals surface area (Å²) >= 11 is 0. The molecular formula is C22H25N5O2. The number of hydrogen-bond acceptors (Lipinski definition) is 4. The molecule has 1 saturated heterocycles. The van der Waals surface area contributed by atoms with Gasteiger partial charge in [0.1, 0.15) is 18.3 Å². The van der Waals surface area contributed by atoms with Crippen molar-refractivity contribution in [3.63, 3.8) is 0 Å². The molecule has 7 heteroatoms. The molecule has 1 saturated carbocycles. The second kappa shape index (κ2) is 7.46. The zero-order chi connectivity index (χ0) is 19.8. The van der Waals surface area contributed by atoms with Crippen molar-refractivity contribution in [3.8, 4) is 5.69 Å². The normalized spacial score (nSPS) is 21.9. The Labute approximate surface area is 169 Å². The van der Waals surface area contributed by atoms with Crippen molar-refractivity contribution in [3.05, 3.63) is 53.2 Å². The summed E-state index contributed by atoms with van der Waals surface area (Å²) in [6.45, 7) is 0.845. The molecule has 3 aromatic rings. The van der Waals surface area contributed by atoms with Crippen LogP contribution in [0, 0.1) is 5.92 Å². The number of piperidine rings is 1. The molecule has 0 bridgehead atoms. The number of benzene rings is 1. The molecule has 2 atom stereocenters. The lowest BCUT2D eigenvalue weighted by atomic mass is 9.78. The van der Waals surface area contributed by atoms with Crippen molar-refractivity contribution < 1.29 is 4.79 Å². The smallest absolute Gasteiger partial charge is 0.264 e. The van der Waals surface area contributed by atoms with E-state index in [1.807, 2.05) is 35.2 Å². The van der Waals surface area contributed by atoms with Gasteiger partial charge in [-0.25, -0.2) is 9.67 Å². The highest BCUT2D eigenvalue weighted by Crippen LogP contribution is 2.35. The first-order valence-electron chi connectivity index (χ1n) is 10.5. The molecule has 5 rings (SSSR count). The Morgan fingerprint density at radius 3 is 2.72 bits per heavy atom. The lowest BCUT2D eigenvalue weighted by molar-refractivity contribution is -0.138. The van der Waals surface area contributed by atoms with E-state index in [0.717, 1.165) is 25.1 Å². The molecule has 29 heavy (non-hydrogen) atoms. The average Bonchev–Trinajstić information content (AvgIpc) is 3.21. The number of likely N-dealkylation sites (tertiary alicyclic amines) is 1. The van der Waals surface area contributed by atoms with Crippen molar-refractivity contribution >= 4 is 16.9 Å². The highest BCUT2D eigenvalue weighted by atomic mass is 16.2. The van der Waals surface area contributed by atoms with Gasteiger partial charge in [-0.15, -0.1) is 0 Å². The molecule has 2 fully saturated rings. The van der Waals surface area contributed by atoms with Crippen LogP contribution in [0.3, 0.4) is 0 Å². The van der Waals surface area contributed by atoms with Crippen molar-refractivity contribution in [1.29, 1.82) is 0 Å². The van der Waals surface area contributed by atoms with E-state index < -0.39 is 0 Å². The Bertz CT molecular complexity index is 1090. The van der Waals surface area contributed by atoms with Crippen LogP contribution in [0.1, 0.15) is 38.5 Å². The molecular weight excluding hydrogens is 366 g/mol. The van der Waals surface area contributed by atoms with Crippen molar-refractivity contribution in [2.45, 2.75) is 51.1 Å². The van der Waals surface area contributed by atoms with E-state index >= 15 is 0 Å². The summed E-state index contributed by atoms with van der Waals surface area (Å²) in [5.41, 5.74) is 1.14. The third kappa shape index (κ3) is 3.24. The number of hydrogen-bond donors (Lipinski definition) is 0. The number of carbonyl (C=O) groups excluding carboxylic acids is 1. The summed E-state index contributed by atoms with van der Waals surface area (Å²) in [5.74, 6) is 0.656. The Hall–Kier alpha value is -2.96. The van der Waals surface area contributed by atoms with Gasteiger partial charge in [-0.3, -0.25) is 14.2 Å². The molecule has 1 aliphatic heterocycles. The first kappa shape index (κ1) is 18.1. The predicted octanol–water partition coefficient (Wildman–Crippen LogP) is 2.76. The number of para-hydroxylation sites is 1. The minimum Gasteiger partial charge on any atom is -0.338 e. The fourth-order valence-corrected chi connectivity index (χ4v) is 4.99. The first-order valence-corrected chi connectivity index (χ1v) is 10.5. The molecule has 0 unspecified atom stereocenters. The maximum Gasteiger partial charge on any atom is 0.264 e. The van der Waals surface area contributed by atoms with Crippen molar-refractivity contribution in [1.82, 2.24) is 24.2 Å². The van der Waals surface area contributed by atoms with Crippen LogP contribution >= 0.6 is 0 Å². The molecule has 1 aromatic carbocycles. The van der Waals surface area contributed by atoms with Crippen LogP contribution in [-0.4, -0.2) is 42.7 Å². The van der Waals surface area contributed by atoms with E-state index in [1.54, 1.807) is 4.68 Å². The topological polar surface area (TPSA) is 73.0 Å². The van der Waals surface area contributed by atoms with Crippen LogP contribution in [0.4, 0.5) is 0 Å². The maximum absolute atomic E-state index is 13.1. The van der Waals surface area contributed by atoms with Gasteiger partial charge < -0.3 is 4.90 Å². The summed E-state index contributed by atoms with van der Waals surface area (Å²) in [6, 6.07) is 9.94. The van der Waals surface area contributed by atoms with E-state index in [1.165, 1.54) is 42.8 Å². The van der Waals surface area contributed by atoms with Gasteiger partial charge >= 0.3 is 0 Å². The number of amides is 1. The molecule has 7 nitrogen and oxygen atoms in total. The van der Waals surface area contributed by atoms with Gasteiger partial charge in [0.25, 0.3) is 5.56 Å². The fraction of sp³-hybridized carbons (Fsp3) is 0.455. The largest absolute Gasteiger partial charge is 0.338 e. The molecule has 2 aliphatic rings. The van der Waals surface area contributed by atoms with E-state index in [0.29, 0.717) is 23.0 Å². The molecule has 0 radical (unpaired) electrons. The van der Waals surface area contributed by atoms with Crippen LogP contribution in [0.2, 0.25) is 0 Å². The summed E-state index contributed by atoms with van der Waals surface area (Å²) < 4.78 is 3.08. The molecule has 2 aromatic heterocycles. The predicted molar refractivity (Wildman–Crippen MR) is 110 cm³/mol. The van der Waals surface area contributed by atoms with Gasteiger partial charge in [-0.2, -0.15) is 5.10 Å². The molecule has 1 aliphatic carbocycles. The second-order valence-corrected chi connectivity index (χ2v) is 8.15. The third-order valence-corrected chi connectivity index (χ3v) is 6.42. The zero-order valence-electron chi connectivity index (χ0n) is 16.4. The summed E-state index contributed by atoms with van der Waals surface area (Å²) in [4.78, 5) is 32.5. The summed E-state index contributed by atoms with van der Waals surface area (Å²) in [5, 5.41) is 4.76. The maximum atomic E-state index is 13.1. The van der Waals surface area contributed by atoms with Crippen LogP contribution in [-0.2, 0) is 11.3 Å². The van der Waals surface area contributed by atoms with Gasteiger partial charge in [0.05, 0.1) is 11.9 Å². The lowest BCUT2D eigenvalue weighted by Crippen LogP contribution is -2.51. The first-order chi connectivity index (χ1) is 14.2. The minimum atomic E-state index is -0.220. The SMILES string of the molecule is O=C(Cn1cnc2c(cnn2-c2ccccc2)c1=O)N1CCC[C@@H]2CCCC[C@H]21. The number of carbonyl (C=O) groups is 1.